The lowest BCUT2D eigenvalue weighted by molar-refractivity contribution is -0.155. The average molecular weight is 846 g/mol. The van der Waals surface area contributed by atoms with Crippen LogP contribution in [-0.2, 0) is 43.3 Å². The van der Waals surface area contributed by atoms with Crippen molar-refractivity contribution in [1.82, 2.24) is 35.1 Å². The fraction of sp³-hybridized carbons (Fsp3) is 0.490. The lowest BCUT2D eigenvalue weighted by Gasteiger charge is -2.37. The first-order valence-electron chi connectivity index (χ1n) is 22.1. The third-order valence-corrected chi connectivity index (χ3v) is 12.8. The molecule has 0 aliphatic carbocycles. The Balaban J connectivity index is 1.28. The third-order valence-electron chi connectivity index (χ3n) is 12.8. The Kier molecular flexibility index (Phi) is 13.2. The fourth-order valence-electron chi connectivity index (χ4n) is 9.83. The number of phenols is 1. The summed E-state index contributed by atoms with van der Waals surface area (Å²) in [4.78, 5) is 63.6. The largest absolute Gasteiger partial charge is 0.508 e. The van der Waals surface area contributed by atoms with Gasteiger partial charge in [0, 0.05) is 73.4 Å². The monoisotopic (exact) mass is 845 g/mol. The number of nitrogens with one attached hydrogen (secondary N) is 2. The molecule has 0 saturated carbocycles. The van der Waals surface area contributed by atoms with Crippen LogP contribution in [0.1, 0.15) is 70.6 Å². The summed E-state index contributed by atoms with van der Waals surface area (Å²) in [6, 6.07) is 11.4. The first-order chi connectivity index (χ1) is 29.6. The number of carbonyl (C=O) groups is 4. The zero-order valence-corrected chi connectivity index (χ0v) is 37.4. The molecule has 3 amide bonds. The number of likely N-dealkylation sites (N-methyl/N-ethyl adjacent to an activating group) is 1. The predicted molar refractivity (Wildman–Crippen MR) is 241 cm³/mol. The second-order valence-corrected chi connectivity index (χ2v) is 18.7. The molecular formula is C49H63N7O6. The quantitative estimate of drug-likeness (QED) is 0.135. The summed E-state index contributed by atoms with van der Waals surface area (Å²) >= 11 is 0. The summed E-state index contributed by atoms with van der Waals surface area (Å²) in [6.45, 7) is 19.1. The molecule has 330 valence electrons. The van der Waals surface area contributed by atoms with Gasteiger partial charge in [-0.25, -0.2) is 5.43 Å². The number of ether oxygens (including phenoxy) is 1. The minimum atomic E-state index is -1.03. The first-order valence-corrected chi connectivity index (χ1v) is 22.1. The molecule has 2 aromatic carbocycles. The molecule has 5 heterocycles. The number of cyclic esters (lactones) is 1. The van der Waals surface area contributed by atoms with Crippen LogP contribution in [0.3, 0.4) is 0 Å². The number of aryl methyl sites for hydroxylation is 2. The van der Waals surface area contributed by atoms with Gasteiger partial charge in [-0.3, -0.25) is 34.1 Å². The molecule has 2 saturated heterocycles. The van der Waals surface area contributed by atoms with Crippen LogP contribution in [0.15, 0.2) is 67.5 Å². The van der Waals surface area contributed by atoms with E-state index in [0.29, 0.717) is 51.0 Å². The number of benzene rings is 2. The molecule has 7 rings (SSSR count). The Labute approximate surface area is 365 Å². The van der Waals surface area contributed by atoms with E-state index in [4.69, 9.17) is 4.74 Å². The van der Waals surface area contributed by atoms with E-state index < -0.39 is 29.5 Å². The van der Waals surface area contributed by atoms with Crippen molar-refractivity contribution in [2.45, 2.75) is 98.3 Å². The minimum Gasteiger partial charge on any atom is -0.508 e. The standard InChI is InChI=1S/C49H63N7O6/c1-9-43(58)54-19-16-32(28-54)27-53(8)44(30(3)4)46(59)51-41-22-33-20-35(23-36(57)21-33)34-13-14-42-37(24-34)38(45(55(42)10-2)39-26-50-17-15-31(39)5)25-49(6,7)29-62-48(61)40-12-11-18-56(52-40)47(41)60/h9,13-15,17,20-21,23-24,26,30,32,40-41,44,52,57H,1,10-12,16,18-19,22,25,27-29H2,2-8H3,(H,51,59)/t32-,40+,41+,44+/m1/s1. The molecule has 4 aromatic rings. The van der Waals surface area contributed by atoms with Gasteiger partial charge < -0.3 is 24.6 Å². The fourth-order valence-corrected chi connectivity index (χ4v) is 9.83. The summed E-state index contributed by atoms with van der Waals surface area (Å²) in [5.41, 5.74) is 10.4. The predicted octanol–water partition coefficient (Wildman–Crippen LogP) is 6.04. The number of nitrogens with zero attached hydrogens (tertiary/aromatic N) is 5. The van der Waals surface area contributed by atoms with Crippen molar-refractivity contribution < 1.29 is 29.0 Å². The number of hydrazine groups is 1. The van der Waals surface area contributed by atoms with Gasteiger partial charge in [0.15, 0.2) is 0 Å². The van der Waals surface area contributed by atoms with Crippen molar-refractivity contribution in [3.8, 4) is 28.1 Å². The summed E-state index contributed by atoms with van der Waals surface area (Å²) in [7, 11) is 1.91. The lowest BCUT2D eigenvalue weighted by Crippen LogP contribution is -2.62. The van der Waals surface area contributed by atoms with E-state index in [9.17, 15) is 24.3 Å². The summed E-state index contributed by atoms with van der Waals surface area (Å²) in [6.07, 6.45) is 7.63. The normalized spacial score (nSPS) is 21.2. The molecule has 0 radical (unpaired) electrons. The van der Waals surface area contributed by atoms with E-state index >= 15 is 0 Å². The highest BCUT2D eigenvalue weighted by Crippen LogP contribution is 2.41. The van der Waals surface area contributed by atoms with E-state index in [2.05, 4.69) is 72.8 Å². The third kappa shape index (κ3) is 9.44. The number of likely N-dealkylation sites (tertiary alicyclic amines) is 1. The number of rotatable bonds is 9. The van der Waals surface area contributed by atoms with Crippen LogP contribution in [-0.4, -0.2) is 111 Å². The molecule has 6 bridgehead atoms. The van der Waals surface area contributed by atoms with Gasteiger partial charge in [-0.15, -0.1) is 0 Å². The lowest BCUT2D eigenvalue weighted by atomic mass is 9.84. The Hall–Kier alpha value is -5.53. The van der Waals surface area contributed by atoms with Crippen LogP contribution in [0, 0.1) is 24.2 Å². The van der Waals surface area contributed by atoms with E-state index in [0.717, 1.165) is 57.4 Å². The zero-order valence-electron chi connectivity index (χ0n) is 37.4. The highest BCUT2D eigenvalue weighted by atomic mass is 16.5. The van der Waals surface area contributed by atoms with Crippen LogP contribution in [0.2, 0.25) is 0 Å². The molecule has 2 aromatic heterocycles. The van der Waals surface area contributed by atoms with E-state index in [-0.39, 0.29) is 48.3 Å². The highest BCUT2D eigenvalue weighted by Gasteiger charge is 2.38. The van der Waals surface area contributed by atoms with Gasteiger partial charge in [-0.1, -0.05) is 46.4 Å². The van der Waals surface area contributed by atoms with Crippen molar-refractivity contribution in [2.24, 2.45) is 17.3 Å². The van der Waals surface area contributed by atoms with Crippen molar-refractivity contribution in [1.29, 1.82) is 0 Å². The molecule has 2 fully saturated rings. The number of hydrogen-bond acceptors (Lipinski definition) is 9. The number of pyridine rings is 1. The summed E-state index contributed by atoms with van der Waals surface area (Å²) < 4.78 is 8.42. The van der Waals surface area contributed by atoms with Gasteiger partial charge in [-0.05, 0) is 123 Å². The number of phenolic OH excluding ortho intramolecular Hbond substituents is 1. The van der Waals surface area contributed by atoms with Gasteiger partial charge in [0.05, 0.1) is 18.3 Å². The molecule has 13 heteroatoms. The second-order valence-electron chi connectivity index (χ2n) is 18.7. The molecule has 62 heavy (non-hydrogen) atoms. The van der Waals surface area contributed by atoms with Crippen molar-refractivity contribution in [3.05, 3.63) is 84.2 Å². The molecule has 13 nitrogen and oxygen atoms in total. The van der Waals surface area contributed by atoms with Crippen LogP contribution in [0.4, 0.5) is 0 Å². The number of carbonyl (C=O) groups excluding carboxylic acids is 4. The van der Waals surface area contributed by atoms with Gasteiger partial charge in [-0.2, -0.15) is 0 Å². The summed E-state index contributed by atoms with van der Waals surface area (Å²) in [5.74, 6) is -1.08. The number of amides is 3. The SMILES string of the molecule is C=CC(=O)N1CC[C@H](CN(C)[C@H](C(=O)N[C@H]2Cc3cc(O)cc(c3)-c3ccc4c(c3)c(c(-c3cnccc3C)n4CC)CC(C)(C)COC(=O)[C@@H]3CCCN(N3)C2=O)C(C)C)C1. The van der Waals surface area contributed by atoms with E-state index in [1.807, 2.05) is 44.1 Å². The summed E-state index contributed by atoms with van der Waals surface area (Å²) in [5, 5.41) is 16.9. The maximum Gasteiger partial charge on any atom is 0.324 e. The molecule has 0 spiro atoms. The molecule has 4 atom stereocenters. The Morgan fingerprint density at radius 3 is 2.63 bits per heavy atom. The average Bonchev–Trinajstić information content (AvgIpc) is 3.83. The Morgan fingerprint density at radius 2 is 1.90 bits per heavy atom. The maximum atomic E-state index is 14.7. The van der Waals surface area contributed by atoms with Crippen LogP contribution in [0.25, 0.3) is 33.3 Å². The highest BCUT2D eigenvalue weighted by molar-refractivity contribution is 5.96. The zero-order chi connectivity index (χ0) is 44.5. The molecule has 3 aliphatic rings. The van der Waals surface area contributed by atoms with Crippen LogP contribution in [0.5, 0.6) is 5.75 Å². The number of esters is 1. The number of aromatic nitrogens is 2. The van der Waals surface area contributed by atoms with Gasteiger partial charge in [0.2, 0.25) is 11.8 Å². The number of aromatic hydroxyl groups is 1. The molecule has 0 unspecified atom stereocenters. The van der Waals surface area contributed by atoms with Crippen molar-refractivity contribution in [2.75, 3.05) is 39.8 Å². The second kappa shape index (κ2) is 18.4. The topological polar surface area (TPSA) is 149 Å². The Morgan fingerprint density at radius 1 is 1.11 bits per heavy atom. The van der Waals surface area contributed by atoms with Crippen molar-refractivity contribution in [3.63, 3.8) is 0 Å². The minimum absolute atomic E-state index is 0.0444. The molecule has 3 N–H and O–H groups in total. The van der Waals surface area contributed by atoms with Crippen LogP contribution < -0.4 is 10.7 Å². The molecule has 3 aliphatic heterocycles. The first kappa shape index (κ1) is 44.5. The van der Waals surface area contributed by atoms with E-state index in [1.165, 1.54) is 11.1 Å². The molecular weight excluding hydrogens is 783 g/mol. The Bertz CT molecular complexity index is 2350. The van der Waals surface area contributed by atoms with Gasteiger partial charge in [0.1, 0.15) is 17.8 Å². The number of hydrogen-bond donors (Lipinski definition) is 3. The van der Waals surface area contributed by atoms with Gasteiger partial charge in [0.25, 0.3) is 5.91 Å². The van der Waals surface area contributed by atoms with Crippen molar-refractivity contribution >= 4 is 34.6 Å². The van der Waals surface area contributed by atoms with Gasteiger partial charge >= 0.3 is 5.97 Å². The smallest absolute Gasteiger partial charge is 0.324 e. The van der Waals surface area contributed by atoms with Crippen LogP contribution >= 0.6 is 0 Å². The maximum absolute atomic E-state index is 14.7. The number of fused-ring (bicyclic) bond motifs is 6. The van der Waals surface area contributed by atoms with E-state index in [1.54, 1.807) is 23.2 Å².